The molecule has 1 saturated carbocycles. The molecule has 0 saturated heterocycles. The topological polar surface area (TPSA) is 84.0 Å². The van der Waals surface area contributed by atoms with Crippen LogP contribution in [0.25, 0.3) is 0 Å². The molecule has 0 aromatic carbocycles. The standard InChI is InChI=1S/C27H44BrCl2IN7O/c1-5-11-37(25(39)34-17-26-13-20(2)22(29)14-27(26,30)16-26)18-31-23-12-24(33-10-8-6-7-9-32-4)38(19-35-23)36-15-21(3)28/h12,14-15,20,23,32-33,35H,3,5-11,13,16-19H2,1-2,4H3,(H,34,39)/q-1/b36-15-/t20-,23?,26+,27?/m0/s1. The Morgan fingerprint density at radius 2 is 2.18 bits per heavy atom. The van der Waals surface area contributed by atoms with Crippen molar-refractivity contribution < 1.29 is 26.0 Å². The van der Waals surface area contributed by atoms with Crippen molar-refractivity contribution >= 4 is 51.4 Å². The number of urea groups is 1. The van der Waals surface area contributed by atoms with Crippen LogP contribution in [-0.4, -0.2) is 75.5 Å². The predicted octanol–water partition coefficient (Wildman–Crippen LogP) is 1.89. The molecule has 222 valence electrons. The van der Waals surface area contributed by atoms with Crippen LogP contribution in [0.4, 0.5) is 4.79 Å². The Hall–Kier alpha value is -0.530. The molecule has 0 radical (unpaired) electrons. The number of hydrazone groups is 1. The fourth-order valence-corrected chi connectivity index (χ4v) is 8.65. The molecule has 2 aliphatic carbocycles. The van der Waals surface area contributed by atoms with E-state index in [1.807, 2.05) is 23.0 Å². The second kappa shape index (κ2) is 15.6. The molecular weight excluding hydrogens is 716 g/mol. The zero-order valence-corrected chi connectivity index (χ0v) is 28.6. The Balaban J connectivity index is 1.54. The molecule has 0 bridgehead atoms. The Kier molecular flexibility index (Phi) is 13.2. The summed E-state index contributed by atoms with van der Waals surface area (Å²) in [5, 5.41) is 20.9. The number of hydrogen-bond acceptors (Lipinski definition) is 6. The fraction of sp³-hybridized carbons (Fsp3) is 0.704. The van der Waals surface area contributed by atoms with Gasteiger partial charge in [-0.25, -0.2) is 0 Å². The minimum absolute atomic E-state index is 0.00640. The van der Waals surface area contributed by atoms with Gasteiger partial charge in [-0.05, 0) is 0 Å². The summed E-state index contributed by atoms with van der Waals surface area (Å²) in [7, 11) is 1.99. The van der Waals surface area contributed by atoms with Crippen LogP contribution in [0.15, 0.2) is 39.2 Å². The van der Waals surface area contributed by atoms with E-state index in [0.29, 0.717) is 13.2 Å². The monoisotopic (exact) mass is 758 g/mol. The van der Waals surface area contributed by atoms with Crippen LogP contribution in [0.5, 0.6) is 0 Å². The van der Waals surface area contributed by atoms with E-state index in [1.54, 1.807) is 6.21 Å². The Morgan fingerprint density at radius 1 is 1.41 bits per heavy atom. The van der Waals surface area contributed by atoms with Crippen LogP contribution in [-0.2, 0) is 0 Å². The van der Waals surface area contributed by atoms with Crippen molar-refractivity contribution in [1.29, 1.82) is 0 Å². The SMILES string of the molecule is C=C(Br)/C=N\N1CNC([I-]CN(CCC)C(=O)NC[C@]23C[C@H](C)C(Cl)=CC2(Cl)C3)C=C1NCCCCCNC. The van der Waals surface area contributed by atoms with Crippen molar-refractivity contribution in [2.24, 2.45) is 16.4 Å². The summed E-state index contributed by atoms with van der Waals surface area (Å²) in [6, 6.07) is 0.00640. The summed E-state index contributed by atoms with van der Waals surface area (Å²) >= 11 is 16.2. The third-order valence-electron chi connectivity index (χ3n) is 7.39. The molecule has 0 aromatic rings. The Morgan fingerprint density at radius 3 is 2.90 bits per heavy atom. The fourth-order valence-electron chi connectivity index (χ4n) is 5.07. The third kappa shape index (κ3) is 9.49. The van der Waals surface area contributed by atoms with Gasteiger partial charge < -0.3 is 0 Å². The van der Waals surface area contributed by atoms with Crippen LogP contribution in [0.2, 0.25) is 0 Å². The van der Waals surface area contributed by atoms with E-state index >= 15 is 0 Å². The van der Waals surface area contributed by atoms with Crippen LogP contribution >= 0.6 is 39.1 Å². The molecule has 0 spiro atoms. The molecule has 39 heavy (non-hydrogen) atoms. The van der Waals surface area contributed by atoms with Crippen LogP contribution in [0, 0.1) is 11.3 Å². The van der Waals surface area contributed by atoms with E-state index in [0.717, 1.165) is 65.2 Å². The number of alkyl halides is 3. The van der Waals surface area contributed by atoms with Crippen LogP contribution < -0.4 is 42.5 Å². The second-order valence-corrected chi connectivity index (χ2v) is 15.7. The zero-order chi connectivity index (χ0) is 28.5. The first kappa shape index (κ1) is 33.0. The number of nitrogens with one attached hydrogen (secondary N) is 4. The van der Waals surface area contributed by atoms with E-state index in [-0.39, 0.29) is 42.6 Å². The molecule has 4 atom stereocenters. The molecule has 12 heteroatoms. The van der Waals surface area contributed by atoms with Crippen molar-refractivity contribution in [3.05, 3.63) is 34.1 Å². The number of allylic oxidation sites excluding steroid dienone is 3. The Bertz CT molecular complexity index is 951. The normalized spacial score (nSPS) is 28.1. The van der Waals surface area contributed by atoms with Crippen molar-refractivity contribution in [2.75, 3.05) is 44.4 Å². The molecule has 4 N–H and O–H groups in total. The molecular formula is C27H44BrCl2IN7O-. The molecule has 0 aromatic heterocycles. The van der Waals surface area contributed by atoms with E-state index in [2.05, 4.69) is 68.8 Å². The molecule has 3 rings (SSSR count). The van der Waals surface area contributed by atoms with Crippen LogP contribution in [0.3, 0.4) is 0 Å². The zero-order valence-electron chi connectivity index (χ0n) is 23.3. The van der Waals surface area contributed by atoms with Gasteiger partial charge in [0.15, 0.2) is 0 Å². The van der Waals surface area contributed by atoms with E-state index in [4.69, 9.17) is 23.2 Å². The maximum atomic E-state index is 13.2. The number of carbonyl (C=O) groups is 1. The first-order valence-electron chi connectivity index (χ1n) is 13.8. The summed E-state index contributed by atoms with van der Waals surface area (Å²) in [6.07, 6.45) is 12.1. The molecule has 2 amide bonds. The van der Waals surface area contributed by atoms with E-state index in [1.165, 1.54) is 12.8 Å². The third-order valence-corrected chi connectivity index (χ3v) is 11.7. The van der Waals surface area contributed by atoms with Gasteiger partial charge in [-0.1, -0.05) is 0 Å². The Labute approximate surface area is 263 Å². The average molecular weight is 760 g/mol. The number of hydrogen-bond donors (Lipinski definition) is 4. The number of halogens is 4. The summed E-state index contributed by atoms with van der Waals surface area (Å²) < 4.78 is 1.74. The van der Waals surface area contributed by atoms with Crippen LogP contribution in [0.1, 0.15) is 52.4 Å². The van der Waals surface area contributed by atoms with E-state index < -0.39 is 4.87 Å². The van der Waals surface area contributed by atoms with Gasteiger partial charge in [0.1, 0.15) is 0 Å². The summed E-state index contributed by atoms with van der Waals surface area (Å²) in [5.41, 5.74) is -0.0827. The quantitative estimate of drug-likeness (QED) is 0.0636. The van der Waals surface area contributed by atoms with Gasteiger partial charge in [-0.3, -0.25) is 0 Å². The second-order valence-electron chi connectivity index (χ2n) is 10.6. The van der Waals surface area contributed by atoms with Gasteiger partial charge in [0.25, 0.3) is 0 Å². The first-order chi connectivity index (χ1) is 18.6. The first-order valence-corrected chi connectivity index (χ1v) is 18.1. The van der Waals surface area contributed by atoms with Gasteiger partial charge in [-0.2, -0.15) is 0 Å². The number of rotatable bonds is 16. The van der Waals surface area contributed by atoms with Crippen molar-refractivity contribution in [3.63, 3.8) is 0 Å². The average Bonchev–Trinajstić information content (AvgIpc) is 3.49. The molecule has 1 heterocycles. The van der Waals surface area contributed by atoms with Crippen molar-refractivity contribution in [3.8, 4) is 0 Å². The summed E-state index contributed by atoms with van der Waals surface area (Å²) in [4.78, 5) is 14.8. The van der Waals surface area contributed by atoms with Gasteiger partial charge in [0, 0.05) is 0 Å². The summed E-state index contributed by atoms with van der Waals surface area (Å²) in [5.74, 6) is 1.29. The predicted molar refractivity (Wildman–Crippen MR) is 163 cm³/mol. The van der Waals surface area contributed by atoms with Crippen molar-refractivity contribution in [2.45, 2.75) is 61.3 Å². The van der Waals surface area contributed by atoms with Gasteiger partial charge in [-0.15, -0.1) is 0 Å². The van der Waals surface area contributed by atoms with Gasteiger partial charge in [0.2, 0.25) is 0 Å². The number of carbonyl (C=O) groups excluding carboxylic acids is 1. The molecule has 3 aliphatic rings. The summed E-state index contributed by atoms with van der Waals surface area (Å²) in [6.45, 7) is 12.0. The van der Waals surface area contributed by atoms with Gasteiger partial charge in [0.05, 0.1) is 0 Å². The number of nitrogens with zero attached hydrogens (tertiary/aromatic N) is 3. The van der Waals surface area contributed by atoms with Gasteiger partial charge >= 0.3 is 265 Å². The van der Waals surface area contributed by atoms with E-state index in [9.17, 15) is 4.79 Å². The van der Waals surface area contributed by atoms with Crippen molar-refractivity contribution in [1.82, 2.24) is 31.2 Å². The molecule has 2 unspecified atom stereocenters. The number of fused-ring (bicyclic) bond motifs is 1. The number of amides is 2. The molecule has 1 aliphatic heterocycles. The maximum absolute atomic E-state index is 13.2. The minimum atomic E-state index is -0.408. The molecule has 1 fully saturated rings. The molecule has 8 nitrogen and oxygen atoms in total. The number of unbranched alkanes of at least 4 members (excludes halogenated alkanes) is 2.